The molecule has 0 aromatic rings. The van der Waals surface area contributed by atoms with E-state index in [1.54, 1.807) is 0 Å². The molecular weight excluding hydrogens is 208 g/mol. The highest BCUT2D eigenvalue weighted by Gasteiger charge is 2.29. The summed E-state index contributed by atoms with van der Waals surface area (Å²) in [6.07, 6.45) is 6.94. The minimum atomic E-state index is 0.539. The van der Waals surface area contributed by atoms with Gasteiger partial charge in [0.2, 0.25) is 0 Å². The van der Waals surface area contributed by atoms with E-state index in [2.05, 4.69) is 31.0 Å². The van der Waals surface area contributed by atoms with E-state index >= 15 is 0 Å². The summed E-state index contributed by atoms with van der Waals surface area (Å²) in [7, 11) is 0. The molecule has 2 aliphatic heterocycles. The lowest BCUT2D eigenvalue weighted by Crippen LogP contribution is -2.49. The second-order valence-corrected chi connectivity index (χ2v) is 6.95. The number of piperidine rings is 2. The Balaban J connectivity index is 1.80. The predicted molar refractivity (Wildman–Crippen MR) is 74.3 cm³/mol. The second kappa shape index (κ2) is 5.71. The van der Waals surface area contributed by atoms with E-state index in [1.807, 2.05) is 0 Å². The zero-order chi connectivity index (χ0) is 12.3. The van der Waals surface area contributed by atoms with Gasteiger partial charge >= 0.3 is 0 Å². The minimum Gasteiger partial charge on any atom is -0.313 e. The molecule has 17 heavy (non-hydrogen) atoms. The van der Waals surface area contributed by atoms with E-state index in [1.165, 1.54) is 58.3 Å². The summed E-state index contributed by atoms with van der Waals surface area (Å²) in [6.45, 7) is 12.3. The summed E-state index contributed by atoms with van der Waals surface area (Å²) in [5.74, 6) is 0.971. The molecule has 2 fully saturated rings. The van der Waals surface area contributed by atoms with Crippen molar-refractivity contribution in [1.82, 2.24) is 10.2 Å². The van der Waals surface area contributed by atoms with Crippen LogP contribution in [0.5, 0.6) is 0 Å². The molecule has 0 amide bonds. The van der Waals surface area contributed by atoms with Crippen LogP contribution in [0.3, 0.4) is 0 Å². The Bertz CT molecular complexity index is 237. The van der Waals surface area contributed by atoms with E-state index in [-0.39, 0.29) is 0 Å². The highest BCUT2D eigenvalue weighted by molar-refractivity contribution is 4.85. The fraction of sp³-hybridized carbons (Fsp3) is 1.00. The van der Waals surface area contributed by atoms with Gasteiger partial charge in [-0.3, -0.25) is 0 Å². The fourth-order valence-electron chi connectivity index (χ4n) is 3.62. The molecule has 2 saturated heterocycles. The van der Waals surface area contributed by atoms with Crippen molar-refractivity contribution < 1.29 is 0 Å². The third-order valence-corrected chi connectivity index (χ3v) is 4.64. The van der Waals surface area contributed by atoms with Crippen LogP contribution in [-0.2, 0) is 0 Å². The van der Waals surface area contributed by atoms with Crippen LogP contribution in [-0.4, -0.2) is 37.1 Å². The van der Waals surface area contributed by atoms with Gasteiger partial charge in [0.15, 0.2) is 0 Å². The molecule has 100 valence electrons. The first-order chi connectivity index (χ1) is 8.09. The summed E-state index contributed by atoms with van der Waals surface area (Å²) in [6, 6.07) is 0.752. The van der Waals surface area contributed by atoms with Crippen LogP contribution in [0.4, 0.5) is 0 Å². The summed E-state index contributed by atoms with van der Waals surface area (Å²) in [4.78, 5) is 2.69. The van der Waals surface area contributed by atoms with Crippen LogP contribution in [0.1, 0.15) is 52.9 Å². The van der Waals surface area contributed by atoms with Crippen molar-refractivity contribution in [2.24, 2.45) is 11.3 Å². The zero-order valence-electron chi connectivity index (χ0n) is 12.0. The van der Waals surface area contributed by atoms with Gasteiger partial charge in [0, 0.05) is 19.1 Å². The number of hydrogen-bond donors (Lipinski definition) is 1. The predicted octanol–water partition coefficient (Wildman–Crippen LogP) is 2.89. The Morgan fingerprint density at radius 3 is 2.88 bits per heavy atom. The Hall–Kier alpha value is -0.0800. The average molecular weight is 238 g/mol. The van der Waals surface area contributed by atoms with E-state index in [4.69, 9.17) is 0 Å². The van der Waals surface area contributed by atoms with Crippen LogP contribution in [0.25, 0.3) is 0 Å². The molecule has 0 aromatic carbocycles. The van der Waals surface area contributed by atoms with Crippen molar-refractivity contribution in [3.63, 3.8) is 0 Å². The third-order valence-electron chi connectivity index (χ3n) is 4.64. The molecule has 2 rings (SSSR count). The van der Waals surface area contributed by atoms with E-state index in [9.17, 15) is 0 Å². The molecular formula is C15H30N2. The molecule has 0 aliphatic carbocycles. The van der Waals surface area contributed by atoms with Crippen LogP contribution in [0.2, 0.25) is 0 Å². The Morgan fingerprint density at radius 1 is 1.35 bits per heavy atom. The van der Waals surface area contributed by atoms with Crippen LogP contribution in [0, 0.1) is 11.3 Å². The first-order valence-electron chi connectivity index (χ1n) is 7.55. The zero-order valence-corrected chi connectivity index (χ0v) is 12.0. The van der Waals surface area contributed by atoms with Gasteiger partial charge in [0.25, 0.3) is 0 Å². The van der Waals surface area contributed by atoms with Crippen molar-refractivity contribution in [2.45, 2.75) is 58.9 Å². The molecule has 0 aromatic heterocycles. The van der Waals surface area contributed by atoms with Gasteiger partial charge in [0.05, 0.1) is 0 Å². The van der Waals surface area contributed by atoms with Crippen LogP contribution >= 0.6 is 0 Å². The maximum absolute atomic E-state index is 3.72. The second-order valence-electron chi connectivity index (χ2n) is 6.95. The molecule has 0 saturated carbocycles. The van der Waals surface area contributed by atoms with Crippen molar-refractivity contribution in [1.29, 1.82) is 0 Å². The number of likely N-dealkylation sites (tertiary alicyclic amines) is 1. The first-order valence-corrected chi connectivity index (χ1v) is 7.55. The van der Waals surface area contributed by atoms with Gasteiger partial charge in [-0.2, -0.15) is 0 Å². The van der Waals surface area contributed by atoms with E-state index < -0.39 is 0 Å². The normalized spacial score (nSPS) is 34.8. The number of nitrogens with one attached hydrogen (secondary N) is 1. The molecule has 2 heteroatoms. The summed E-state index contributed by atoms with van der Waals surface area (Å²) < 4.78 is 0. The molecule has 2 heterocycles. The van der Waals surface area contributed by atoms with E-state index in [0.29, 0.717) is 5.41 Å². The summed E-state index contributed by atoms with van der Waals surface area (Å²) in [5.41, 5.74) is 0.539. The maximum atomic E-state index is 3.72. The summed E-state index contributed by atoms with van der Waals surface area (Å²) >= 11 is 0. The van der Waals surface area contributed by atoms with E-state index in [0.717, 1.165) is 12.0 Å². The monoisotopic (exact) mass is 238 g/mol. The number of rotatable bonds is 3. The molecule has 2 nitrogen and oxygen atoms in total. The lowest BCUT2D eigenvalue weighted by atomic mass is 9.83. The number of hydrogen-bond acceptors (Lipinski definition) is 2. The molecule has 1 N–H and O–H groups in total. The Kier molecular flexibility index (Phi) is 4.48. The van der Waals surface area contributed by atoms with Gasteiger partial charge < -0.3 is 10.2 Å². The fourth-order valence-corrected chi connectivity index (χ4v) is 3.62. The quantitative estimate of drug-likeness (QED) is 0.813. The standard InChI is InChI=1S/C15H30N2/c1-4-13-6-8-16-14(10-13)11-17-9-5-7-15(2,3)12-17/h13-14,16H,4-12H2,1-3H3. The number of nitrogens with zero attached hydrogens (tertiary/aromatic N) is 1. The lowest BCUT2D eigenvalue weighted by Gasteiger charge is -2.41. The third kappa shape index (κ3) is 3.96. The Morgan fingerprint density at radius 2 is 2.18 bits per heavy atom. The minimum absolute atomic E-state index is 0.539. The molecule has 0 spiro atoms. The highest BCUT2D eigenvalue weighted by atomic mass is 15.2. The van der Waals surface area contributed by atoms with Crippen molar-refractivity contribution in [3.8, 4) is 0 Å². The Labute approximate surface area is 107 Å². The highest BCUT2D eigenvalue weighted by Crippen LogP contribution is 2.29. The van der Waals surface area contributed by atoms with Crippen molar-refractivity contribution in [3.05, 3.63) is 0 Å². The summed E-state index contributed by atoms with van der Waals surface area (Å²) in [5, 5.41) is 3.72. The lowest BCUT2D eigenvalue weighted by molar-refractivity contribution is 0.0984. The van der Waals surface area contributed by atoms with Crippen LogP contribution < -0.4 is 5.32 Å². The molecule has 0 radical (unpaired) electrons. The average Bonchev–Trinajstić information content (AvgIpc) is 2.28. The van der Waals surface area contributed by atoms with Gasteiger partial charge in [0.1, 0.15) is 0 Å². The van der Waals surface area contributed by atoms with Gasteiger partial charge in [-0.15, -0.1) is 0 Å². The van der Waals surface area contributed by atoms with Gasteiger partial charge in [-0.05, 0) is 50.1 Å². The smallest absolute Gasteiger partial charge is 0.0197 e. The molecule has 2 unspecified atom stereocenters. The van der Waals surface area contributed by atoms with Gasteiger partial charge in [-0.25, -0.2) is 0 Å². The molecule has 0 bridgehead atoms. The van der Waals surface area contributed by atoms with Crippen molar-refractivity contribution >= 4 is 0 Å². The maximum Gasteiger partial charge on any atom is 0.0197 e. The van der Waals surface area contributed by atoms with Crippen molar-refractivity contribution in [2.75, 3.05) is 26.2 Å². The largest absolute Gasteiger partial charge is 0.313 e. The SMILES string of the molecule is CCC1CCNC(CN2CCCC(C)(C)C2)C1. The molecule has 2 atom stereocenters. The molecule has 2 aliphatic rings. The van der Waals surface area contributed by atoms with Crippen LogP contribution in [0.15, 0.2) is 0 Å². The first kappa shape index (κ1) is 13.4. The van der Waals surface area contributed by atoms with Gasteiger partial charge in [-0.1, -0.05) is 27.2 Å². The topological polar surface area (TPSA) is 15.3 Å².